The average molecular weight is 451 g/mol. The molecule has 4 saturated carbocycles. The van der Waals surface area contributed by atoms with Gasteiger partial charge in [0, 0.05) is 31.1 Å². The van der Waals surface area contributed by atoms with Crippen LogP contribution in [0.2, 0.25) is 0 Å². The van der Waals surface area contributed by atoms with Gasteiger partial charge in [0.25, 0.3) is 0 Å². The van der Waals surface area contributed by atoms with Crippen LogP contribution in [0.15, 0.2) is 12.2 Å². The van der Waals surface area contributed by atoms with Crippen molar-refractivity contribution in [3.8, 4) is 0 Å². The van der Waals surface area contributed by atoms with Gasteiger partial charge in [0.15, 0.2) is 5.78 Å². The van der Waals surface area contributed by atoms with Crippen LogP contribution in [0.5, 0.6) is 0 Å². The number of allylic oxidation sites excluding steroid dienone is 1. The van der Waals surface area contributed by atoms with Crippen LogP contribution in [0.25, 0.3) is 0 Å². The Hall–Kier alpha value is -1.77. The Morgan fingerprint density at radius 2 is 1.50 bits per heavy atom. The van der Waals surface area contributed by atoms with Crippen molar-refractivity contribution in [3.63, 3.8) is 0 Å². The van der Waals surface area contributed by atoms with Crippen molar-refractivity contribution in [1.29, 1.82) is 0 Å². The van der Waals surface area contributed by atoms with E-state index in [2.05, 4.69) is 6.58 Å². The maximum atomic E-state index is 13.7. The molecule has 0 aromatic heterocycles. The number of fused-ring (bicyclic) bond motifs is 3. The van der Waals surface area contributed by atoms with Crippen LogP contribution in [0, 0.1) is 34.0 Å². The molecular weight excluding hydrogens is 416 g/mol. The fraction of sp³-hybridized carbons (Fsp3) is 0.792. The summed E-state index contributed by atoms with van der Waals surface area (Å²) in [5.74, 6) is -2.99. The SMILES string of the molecule is C=C1C(=O)C23CC1CC(O)C2C1(C)CC(O)C(OC(C)=O)C(C)(C)C1C(O)C3OC(C)=O. The van der Waals surface area contributed by atoms with E-state index in [1.54, 1.807) is 13.8 Å². The molecule has 0 aliphatic heterocycles. The first-order valence-corrected chi connectivity index (χ1v) is 11.3. The Kier molecular flexibility index (Phi) is 5.20. The lowest BCUT2D eigenvalue weighted by Crippen LogP contribution is -2.75. The monoisotopic (exact) mass is 450 g/mol. The zero-order chi connectivity index (χ0) is 24.0. The number of carbonyl (C=O) groups is 3. The first kappa shape index (κ1) is 23.4. The van der Waals surface area contributed by atoms with E-state index in [0.717, 1.165) is 0 Å². The van der Waals surface area contributed by atoms with Crippen LogP contribution in [0.4, 0.5) is 0 Å². The lowest BCUT2D eigenvalue weighted by Gasteiger charge is -2.68. The maximum absolute atomic E-state index is 13.7. The van der Waals surface area contributed by atoms with Gasteiger partial charge in [-0.3, -0.25) is 14.4 Å². The minimum absolute atomic E-state index is 0.122. The van der Waals surface area contributed by atoms with Crippen molar-refractivity contribution in [2.75, 3.05) is 0 Å². The molecule has 4 fully saturated rings. The Bertz CT molecular complexity index is 879. The molecule has 0 amide bonds. The summed E-state index contributed by atoms with van der Waals surface area (Å²) >= 11 is 0. The summed E-state index contributed by atoms with van der Waals surface area (Å²) in [6.07, 6.45) is -4.46. The predicted octanol–water partition coefficient (Wildman–Crippen LogP) is 1.15. The molecule has 10 unspecified atom stereocenters. The summed E-state index contributed by atoms with van der Waals surface area (Å²) < 4.78 is 11.1. The normalized spacial score (nSPS) is 49.1. The van der Waals surface area contributed by atoms with E-state index in [-0.39, 0.29) is 18.1 Å². The first-order chi connectivity index (χ1) is 14.7. The number of hydrogen-bond acceptors (Lipinski definition) is 8. The van der Waals surface area contributed by atoms with Crippen LogP contribution < -0.4 is 0 Å². The first-order valence-electron chi connectivity index (χ1n) is 11.3. The van der Waals surface area contributed by atoms with E-state index < -0.39 is 70.5 Å². The minimum Gasteiger partial charge on any atom is -0.459 e. The zero-order valence-electron chi connectivity index (χ0n) is 19.3. The Morgan fingerprint density at radius 3 is 2.06 bits per heavy atom. The van der Waals surface area contributed by atoms with Gasteiger partial charge in [0.1, 0.15) is 12.2 Å². The third-order valence-electron chi connectivity index (χ3n) is 8.96. The molecule has 4 aliphatic rings. The van der Waals surface area contributed by atoms with Gasteiger partial charge < -0.3 is 24.8 Å². The standard InChI is InChI=1S/C24H34O8/c1-10-13-7-14(27)17-23(6)9-15(28)20(31-11(2)25)22(4,5)18(23)16(29)21(32-12(3)26)24(17,8-13)19(10)30/h13-18,20-21,27-29H,1,7-9H2,2-6H3. The number of aliphatic hydroxyl groups is 3. The smallest absolute Gasteiger partial charge is 0.303 e. The Balaban J connectivity index is 1.93. The summed E-state index contributed by atoms with van der Waals surface area (Å²) in [5, 5.41) is 34.2. The van der Waals surface area contributed by atoms with Gasteiger partial charge in [0.05, 0.1) is 23.7 Å². The van der Waals surface area contributed by atoms with Crippen molar-refractivity contribution in [3.05, 3.63) is 12.2 Å². The fourth-order valence-electron chi connectivity index (χ4n) is 8.42. The highest BCUT2D eigenvalue weighted by atomic mass is 16.6. The second kappa shape index (κ2) is 7.11. The molecule has 8 nitrogen and oxygen atoms in total. The lowest BCUT2D eigenvalue weighted by atomic mass is 9.38. The largest absolute Gasteiger partial charge is 0.459 e. The summed E-state index contributed by atoms with van der Waals surface area (Å²) in [5.41, 5.74) is -2.74. The van der Waals surface area contributed by atoms with Gasteiger partial charge in [-0.05, 0) is 36.2 Å². The molecule has 1 spiro atoms. The molecule has 2 bridgehead atoms. The molecule has 10 atom stereocenters. The fourth-order valence-corrected chi connectivity index (χ4v) is 8.42. The highest BCUT2D eigenvalue weighted by molar-refractivity contribution is 6.04. The lowest BCUT2D eigenvalue weighted by molar-refractivity contribution is -0.296. The second-order valence-corrected chi connectivity index (χ2v) is 11.2. The number of ketones is 1. The molecule has 8 heteroatoms. The van der Waals surface area contributed by atoms with Gasteiger partial charge >= 0.3 is 11.9 Å². The van der Waals surface area contributed by atoms with E-state index >= 15 is 0 Å². The van der Waals surface area contributed by atoms with Crippen molar-refractivity contribution < 1.29 is 39.2 Å². The van der Waals surface area contributed by atoms with E-state index in [0.29, 0.717) is 18.4 Å². The summed E-state index contributed by atoms with van der Waals surface area (Å²) in [6.45, 7) is 11.9. The number of ether oxygens (including phenoxy) is 2. The van der Waals surface area contributed by atoms with Gasteiger partial charge in [-0.15, -0.1) is 0 Å². The number of Topliss-reactive ketones (excluding diaryl/α,β-unsaturated/α-hetero) is 1. The van der Waals surface area contributed by atoms with E-state index in [4.69, 9.17) is 9.47 Å². The molecule has 4 aliphatic carbocycles. The molecule has 0 saturated heterocycles. The summed E-state index contributed by atoms with van der Waals surface area (Å²) in [6, 6.07) is 0. The number of carbonyl (C=O) groups excluding carboxylic acids is 3. The van der Waals surface area contributed by atoms with E-state index in [9.17, 15) is 29.7 Å². The Morgan fingerprint density at radius 1 is 0.938 bits per heavy atom. The Labute approximate surface area is 188 Å². The van der Waals surface area contributed by atoms with Crippen molar-refractivity contribution in [2.24, 2.45) is 34.0 Å². The highest BCUT2D eigenvalue weighted by Gasteiger charge is 2.77. The minimum atomic E-state index is -1.31. The van der Waals surface area contributed by atoms with Crippen LogP contribution in [-0.2, 0) is 23.9 Å². The summed E-state index contributed by atoms with van der Waals surface area (Å²) in [4.78, 5) is 37.5. The van der Waals surface area contributed by atoms with Crippen LogP contribution in [-0.4, -0.2) is 63.6 Å². The third-order valence-corrected chi connectivity index (χ3v) is 8.96. The van der Waals surface area contributed by atoms with Crippen molar-refractivity contribution in [1.82, 2.24) is 0 Å². The van der Waals surface area contributed by atoms with Crippen LogP contribution in [0.3, 0.4) is 0 Å². The topological polar surface area (TPSA) is 130 Å². The number of rotatable bonds is 2. The molecule has 3 N–H and O–H groups in total. The predicted molar refractivity (Wildman–Crippen MR) is 112 cm³/mol. The molecular formula is C24H34O8. The number of esters is 2. The highest BCUT2D eigenvalue weighted by Crippen LogP contribution is 2.71. The maximum Gasteiger partial charge on any atom is 0.303 e. The van der Waals surface area contributed by atoms with E-state index in [1.165, 1.54) is 13.8 Å². The van der Waals surface area contributed by atoms with Crippen molar-refractivity contribution >= 4 is 17.7 Å². The molecule has 32 heavy (non-hydrogen) atoms. The molecule has 0 radical (unpaired) electrons. The number of aliphatic hydroxyl groups excluding tert-OH is 3. The third kappa shape index (κ3) is 2.82. The van der Waals surface area contributed by atoms with Crippen molar-refractivity contribution in [2.45, 2.75) is 84.4 Å². The molecule has 0 aromatic rings. The van der Waals surface area contributed by atoms with Gasteiger partial charge in [-0.2, -0.15) is 0 Å². The molecule has 0 heterocycles. The average Bonchev–Trinajstić information content (AvgIpc) is 2.83. The second-order valence-electron chi connectivity index (χ2n) is 11.2. The number of hydrogen-bond donors (Lipinski definition) is 3. The van der Waals surface area contributed by atoms with Gasteiger partial charge in [0.2, 0.25) is 0 Å². The van der Waals surface area contributed by atoms with E-state index in [1.807, 2.05) is 6.92 Å². The van der Waals surface area contributed by atoms with Crippen LogP contribution in [0.1, 0.15) is 53.9 Å². The van der Waals surface area contributed by atoms with Gasteiger partial charge in [-0.1, -0.05) is 27.4 Å². The zero-order valence-corrected chi connectivity index (χ0v) is 19.3. The van der Waals surface area contributed by atoms with Crippen LogP contribution >= 0.6 is 0 Å². The summed E-state index contributed by atoms with van der Waals surface area (Å²) in [7, 11) is 0. The van der Waals surface area contributed by atoms with Gasteiger partial charge in [-0.25, -0.2) is 0 Å². The quantitative estimate of drug-likeness (QED) is 0.422. The molecule has 0 aromatic carbocycles. The molecule has 178 valence electrons. The molecule has 4 rings (SSSR count).